The zero-order chi connectivity index (χ0) is 20.9. The van der Waals surface area contributed by atoms with E-state index in [4.69, 9.17) is 5.73 Å². The number of primary amides is 1. The molecule has 0 spiro atoms. The van der Waals surface area contributed by atoms with Crippen LogP contribution >= 0.6 is 47.8 Å². The number of anilines is 1. The van der Waals surface area contributed by atoms with E-state index >= 15 is 0 Å². The summed E-state index contributed by atoms with van der Waals surface area (Å²) in [7, 11) is 0. The topological polar surface area (TPSA) is 153 Å². The number of nitrogens with two attached hydrogens (primary N) is 1. The van der Waals surface area contributed by atoms with E-state index in [0.29, 0.717) is 0 Å². The average Bonchev–Trinajstić information content (AvgIpc) is 2.58. The van der Waals surface area contributed by atoms with Crippen molar-refractivity contribution >= 4 is 71.2 Å². The van der Waals surface area contributed by atoms with Gasteiger partial charge in [-0.05, 0) is 47.8 Å². The van der Waals surface area contributed by atoms with Crippen molar-refractivity contribution in [2.45, 2.75) is 13.0 Å². The van der Waals surface area contributed by atoms with Gasteiger partial charge in [-0.25, -0.2) is 0 Å². The molecule has 0 fully saturated rings. The number of carbonyl (C=O) groups excluding carboxylic acids is 3. The molecule has 27 heavy (non-hydrogen) atoms. The molecule has 0 saturated carbocycles. The van der Waals surface area contributed by atoms with Crippen LogP contribution in [0.3, 0.4) is 0 Å². The quantitative estimate of drug-likeness (QED) is 0.304. The molecule has 1 aromatic carbocycles. The molecule has 0 unspecified atom stereocenters. The van der Waals surface area contributed by atoms with Gasteiger partial charge in [0.2, 0.25) is 5.91 Å². The van der Waals surface area contributed by atoms with Gasteiger partial charge in [-0.2, -0.15) is 0 Å². The maximum absolute atomic E-state index is 12.7. The standard InChI is InChI=1S/C15H18Br3N3O6/c1-6(25)21(2-3-22)13-11(17)8(14(19)26)10(16)9(12(13)18)15(27)20-7(4-23)5-24/h7,22-24H,2-5H2,1H3,(H2,19,26)(H,20,27). The number of benzene rings is 1. The first-order chi connectivity index (χ1) is 12.6. The van der Waals surface area contributed by atoms with Crippen molar-refractivity contribution in [3.63, 3.8) is 0 Å². The third kappa shape index (κ3) is 5.27. The predicted octanol–water partition coefficient (Wildman–Crippen LogP) is 0.501. The number of hydrogen-bond donors (Lipinski definition) is 5. The third-order valence-electron chi connectivity index (χ3n) is 3.52. The van der Waals surface area contributed by atoms with Gasteiger partial charge in [-0.1, -0.05) is 0 Å². The molecule has 0 bridgehead atoms. The third-order valence-corrected chi connectivity index (χ3v) is 5.85. The second-order valence-corrected chi connectivity index (χ2v) is 7.71. The Labute approximate surface area is 180 Å². The number of carbonyl (C=O) groups is 3. The van der Waals surface area contributed by atoms with Crippen LogP contribution in [0.25, 0.3) is 0 Å². The maximum Gasteiger partial charge on any atom is 0.254 e. The highest BCUT2D eigenvalue weighted by molar-refractivity contribution is 9.11. The Morgan fingerprint density at radius 2 is 1.56 bits per heavy atom. The van der Waals surface area contributed by atoms with E-state index in [1.807, 2.05) is 0 Å². The molecule has 0 aliphatic carbocycles. The van der Waals surface area contributed by atoms with Gasteiger partial charge in [-0.3, -0.25) is 14.4 Å². The summed E-state index contributed by atoms with van der Waals surface area (Å²) in [6.07, 6.45) is 0. The summed E-state index contributed by atoms with van der Waals surface area (Å²) < 4.78 is 0.342. The number of nitrogens with zero attached hydrogens (tertiary/aromatic N) is 1. The lowest BCUT2D eigenvalue weighted by Crippen LogP contribution is -2.41. The second kappa shape index (κ2) is 10.5. The zero-order valence-electron chi connectivity index (χ0n) is 14.1. The zero-order valence-corrected chi connectivity index (χ0v) is 18.9. The maximum atomic E-state index is 12.7. The number of rotatable bonds is 8. The van der Waals surface area contributed by atoms with E-state index in [0.717, 1.165) is 0 Å². The van der Waals surface area contributed by atoms with E-state index in [1.165, 1.54) is 11.8 Å². The van der Waals surface area contributed by atoms with Gasteiger partial charge < -0.3 is 31.3 Å². The van der Waals surface area contributed by atoms with Gasteiger partial charge in [0.15, 0.2) is 0 Å². The van der Waals surface area contributed by atoms with Crippen molar-refractivity contribution in [3.8, 4) is 0 Å². The molecule has 0 aliphatic rings. The van der Waals surface area contributed by atoms with Crippen LogP contribution in [-0.4, -0.2) is 65.4 Å². The van der Waals surface area contributed by atoms with E-state index in [1.54, 1.807) is 0 Å². The first-order valence-corrected chi connectivity index (χ1v) is 9.91. The Morgan fingerprint density at radius 3 is 1.96 bits per heavy atom. The molecular weight excluding hydrogens is 558 g/mol. The molecule has 3 amide bonds. The number of hydrogen-bond acceptors (Lipinski definition) is 6. The number of amides is 3. The summed E-state index contributed by atoms with van der Waals surface area (Å²) >= 11 is 9.68. The minimum absolute atomic E-state index is 0.0529. The van der Waals surface area contributed by atoms with Gasteiger partial charge in [0.25, 0.3) is 11.8 Å². The molecule has 0 heterocycles. The first-order valence-electron chi connectivity index (χ1n) is 7.54. The van der Waals surface area contributed by atoms with Crippen LogP contribution in [0, 0.1) is 0 Å². The minimum Gasteiger partial charge on any atom is -0.395 e. The molecule has 1 aromatic rings. The summed E-state index contributed by atoms with van der Waals surface area (Å²) in [6.45, 7) is -0.211. The van der Waals surface area contributed by atoms with Gasteiger partial charge in [0.1, 0.15) is 0 Å². The van der Waals surface area contributed by atoms with Crippen LogP contribution in [0.5, 0.6) is 0 Å². The van der Waals surface area contributed by atoms with Crippen LogP contribution in [0.2, 0.25) is 0 Å². The molecule has 150 valence electrons. The fourth-order valence-electron chi connectivity index (χ4n) is 2.24. The van der Waals surface area contributed by atoms with E-state index < -0.39 is 37.0 Å². The van der Waals surface area contributed by atoms with Crippen LogP contribution in [0.15, 0.2) is 13.4 Å². The first kappa shape index (κ1) is 24.0. The average molecular weight is 576 g/mol. The highest BCUT2D eigenvalue weighted by Gasteiger charge is 2.31. The van der Waals surface area contributed by atoms with E-state index in [2.05, 4.69) is 53.1 Å². The molecule has 6 N–H and O–H groups in total. The van der Waals surface area contributed by atoms with Gasteiger partial charge in [-0.15, -0.1) is 0 Å². The lowest BCUT2D eigenvalue weighted by Gasteiger charge is -2.26. The van der Waals surface area contributed by atoms with Crippen LogP contribution in [0.1, 0.15) is 27.6 Å². The van der Waals surface area contributed by atoms with E-state index in [-0.39, 0.29) is 43.4 Å². The molecule has 0 aromatic heterocycles. The highest BCUT2D eigenvalue weighted by Crippen LogP contribution is 2.44. The molecule has 9 nitrogen and oxygen atoms in total. The fourth-order valence-corrected chi connectivity index (χ4v) is 5.40. The predicted molar refractivity (Wildman–Crippen MR) is 109 cm³/mol. The molecule has 0 aliphatic heterocycles. The van der Waals surface area contributed by atoms with Crippen molar-refractivity contribution in [1.82, 2.24) is 5.32 Å². The molecule has 0 saturated heterocycles. The van der Waals surface area contributed by atoms with Crippen LogP contribution in [0.4, 0.5) is 5.69 Å². The van der Waals surface area contributed by atoms with Crippen molar-refractivity contribution in [1.29, 1.82) is 0 Å². The molecule has 0 atom stereocenters. The number of nitrogens with one attached hydrogen (secondary N) is 1. The lowest BCUT2D eigenvalue weighted by atomic mass is 10.1. The molecule has 12 heteroatoms. The summed E-state index contributed by atoms with van der Waals surface area (Å²) in [6, 6.07) is -0.929. The normalized spacial score (nSPS) is 10.8. The van der Waals surface area contributed by atoms with Gasteiger partial charge >= 0.3 is 0 Å². The van der Waals surface area contributed by atoms with Crippen molar-refractivity contribution in [3.05, 3.63) is 24.5 Å². The largest absolute Gasteiger partial charge is 0.395 e. The Bertz CT molecular complexity index is 755. The summed E-state index contributed by atoms with van der Waals surface area (Å²) in [5, 5.41) is 30.0. The summed E-state index contributed by atoms with van der Waals surface area (Å²) in [5.74, 6) is -2.05. The highest BCUT2D eigenvalue weighted by atomic mass is 79.9. The monoisotopic (exact) mass is 573 g/mol. The van der Waals surface area contributed by atoms with Crippen LogP contribution < -0.4 is 16.0 Å². The molecule has 0 radical (unpaired) electrons. The molecule has 1 rings (SSSR count). The second-order valence-electron chi connectivity index (χ2n) is 5.33. The summed E-state index contributed by atoms with van der Waals surface area (Å²) in [5.41, 5.74) is 5.39. The van der Waals surface area contributed by atoms with E-state index in [9.17, 15) is 29.7 Å². The lowest BCUT2D eigenvalue weighted by molar-refractivity contribution is -0.116. The number of aliphatic hydroxyl groups excluding tert-OH is 3. The SMILES string of the molecule is CC(=O)N(CCO)c1c(Br)c(C(N)=O)c(Br)c(C(=O)NC(CO)CO)c1Br. The Morgan fingerprint density at radius 1 is 1.04 bits per heavy atom. The Kier molecular flexibility index (Phi) is 9.31. The van der Waals surface area contributed by atoms with Crippen LogP contribution in [-0.2, 0) is 4.79 Å². The molecular formula is C15H18Br3N3O6. The van der Waals surface area contributed by atoms with Crippen molar-refractivity contribution in [2.75, 3.05) is 31.3 Å². The smallest absolute Gasteiger partial charge is 0.254 e. The Hall–Kier alpha value is -1.05. The van der Waals surface area contributed by atoms with Crippen molar-refractivity contribution < 1.29 is 29.7 Å². The number of halogens is 3. The fraction of sp³-hybridized carbons (Fsp3) is 0.400. The van der Waals surface area contributed by atoms with Crippen molar-refractivity contribution in [2.24, 2.45) is 5.73 Å². The van der Waals surface area contributed by atoms with Gasteiger partial charge in [0.05, 0.1) is 51.6 Å². The Balaban J connectivity index is 3.76. The summed E-state index contributed by atoms with van der Waals surface area (Å²) in [4.78, 5) is 37.8. The minimum atomic E-state index is -0.929. The number of aliphatic hydroxyl groups is 3. The van der Waals surface area contributed by atoms with Gasteiger partial charge in [0, 0.05) is 17.9 Å².